The molecule has 4 heteroatoms. The van der Waals surface area contributed by atoms with Crippen molar-refractivity contribution in [3.63, 3.8) is 0 Å². The topological polar surface area (TPSA) is 29.9 Å². The van der Waals surface area contributed by atoms with Gasteiger partial charge in [-0.25, -0.2) is 0 Å². The molecule has 0 radical (unpaired) electrons. The average Bonchev–Trinajstić information content (AvgIpc) is 2.81. The van der Waals surface area contributed by atoms with Crippen LogP contribution in [0.4, 0.5) is 0 Å². The third kappa shape index (κ3) is 4.12. The number of benzene rings is 1. The molecule has 1 heterocycles. The van der Waals surface area contributed by atoms with Crippen LogP contribution in [0.15, 0.2) is 42.7 Å². The van der Waals surface area contributed by atoms with Gasteiger partial charge in [0.1, 0.15) is 0 Å². The first-order valence-electron chi connectivity index (χ1n) is 5.69. The summed E-state index contributed by atoms with van der Waals surface area (Å²) in [5, 5.41) is 7.69. The third-order valence-electron chi connectivity index (χ3n) is 2.59. The molecule has 0 aliphatic heterocycles. The third-order valence-corrected chi connectivity index (χ3v) is 3.31. The number of nitrogens with zero attached hydrogens (tertiary/aromatic N) is 2. The summed E-state index contributed by atoms with van der Waals surface area (Å²) in [5.74, 6) is 0. The van der Waals surface area contributed by atoms with E-state index < -0.39 is 0 Å². The summed E-state index contributed by atoms with van der Waals surface area (Å²) in [4.78, 5) is 0. The molecule has 0 aliphatic carbocycles. The fourth-order valence-corrected chi connectivity index (χ4v) is 2.01. The maximum Gasteiger partial charge on any atom is 0.0560 e. The minimum Gasteiger partial charge on any atom is -0.308 e. The van der Waals surface area contributed by atoms with Crippen molar-refractivity contribution in [2.24, 2.45) is 0 Å². The quantitative estimate of drug-likeness (QED) is 0.848. The van der Waals surface area contributed by atoms with Gasteiger partial charge in [0.15, 0.2) is 0 Å². The van der Waals surface area contributed by atoms with E-state index in [-0.39, 0.29) is 0 Å². The van der Waals surface area contributed by atoms with Crippen molar-refractivity contribution in [2.75, 3.05) is 0 Å². The molecule has 17 heavy (non-hydrogen) atoms. The van der Waals surface area contributed by atoms with Gasteiger partial charge in [-0.1, -0.05) is 12.1 Å². The Morgan fingerprint density at radius 1 is 1.35 bits per heavy atom. The zero-order chi connectivity index (χ0) is 12.1. The standard InChI is InChI=1S/C13H16IN3/c1-11(10-17-8-2-7-16-17)15-9-12-3-5-13(14)6-4-12/h2-8,11,15H,9-10H2,1H3. The molecule has 0 bridgehead atoms. The van der Waals surface area contributed by atoms with E-state index in [0.29, 0.717) is 6.04 Å². The van der Waals surface area contributed by atoms with Crippen LogP contribution >= 0.6 is 22.6 Å². The second-order valence-corrected chi connectivity index (χ2v) is 5.38. The van der Waals surface area contributed by atoms with E-state index in [1.807, 2.05) is 23.1 Å². The highest BCUT2D eigenvalue weighted by Crippen LogP contribution is 2.06. The fraction of sp³-hybridized carbons (Fsp3) is 0.308. The molecular weight excluding hydrogens is 325 g/mol. The maximum atomic E-state index is 4.20. The summed E-state index contributed by atoms with van der Waals surface area (Å²) >= 11 is 2.32. The van der Waals surface area contributed by atoms with Crippen molar-refractivity contribution in [3.8, 4) is 0 Å². The van der Waals surface area contributed by atoms with Gasteiger partial charge in [-0.15, -0.1) is 0 Å². The molecule has 1 unspecified atom stereocenters. The van der Waals surface area contributed by atoms with E-state index in [1.54, 1.807) is 0 Å². The van der Waals surface area contributed by atoms with Crippen molar-refractivity contribution in [2.45, 2.75) is 26.1 Å². The summed E-state index contributed by atoms with van der Waals surface area (Å²) in [6.45, 7) is 3.98. The van der Waals surface area contributed by atoms with E-state index in [4.69, 9.17) is 0 Å². The second-order valence-electron chi connectivity index (χ2n) is 4.14. The molecule has 0 aliphatic rings. The van der Waals surface area contributed by atoms with Crippen molar-refractivity contribution < 1.29 is 0 Å². The Morgan fingerprint density at radius 3 is 2.76 bits per heavy atom. The van der Waals surface area contributed by atoms with Crippen LogP contribution in [0.5, 0.6) is 0 Å². The minimum atomic E-state index is 0.411. The van der Waals surface area contributed by atoms with Crippen LogP contribution in [-0.4, -0.2) is 15.8 Å². The monoisotopic (exact) mass is 341 g/mol. The number of hydrogen-bond donors (Lipinski definition) is 1. The molecule has 0 fully saturated rings. The SMILES string of the molecule is CC(Cn1cccn1)NCc1ccc(I)cc1. The minimum absolute atomic E-state index is 0.411. The van der Waals surface area contributed by atoms with Gasteiger partial charge in [-0.3, -0.25) is 4.68 Å². The zero-order valence-corrected chi connectivity index (χ0v) is 12.0. The molecule has 1 N–H and O–H groups in total. The molecule has 1 aromatic heterocycles. The van der Waals surface area contributed by atoms with E-state index in [2.05, 4.69) is 64.2 Å². The van der Waals surface area contributed by atoms with Gasteiger partial charge in [0.2, 0.25) is 0 Å². The summed E-state index contributed by atoms with van der Waals surface area (Å²) < 4.78 is 3.22. The van der Waals surface area contributed by atoms with Gasteiger partial charge in [-0.2, -0.15) is 5.10 Å². The predicted molar refractivity (Wildman–Crippen MR) is 77.7 cm³/mol. The smallest absolute Gasteiger partial charge is 0.0560 e. The first kappa shape index (κ1) is 12.6. The highest BCUT2D eigenvalue weighted by Gasteiger charge is 2.02. The lowest BCUT2D eigenvalue weighted by molar-refractivity contribution is 0.451. The van der Waals surface area contributed by atoms with E-state index >= 15 is 0 Å². The Kier molecular flexibility index (Phi) is 4.56. The van der Waals surface area contributed by atoms with Crippen LogP contribution in [0.1, 0.15) is 12.5 Å². The molecule has 0 saturated heterocycles. The lowest BCUT2D eigenvalue weighted by atomic mass is 10.2. The van der Waals surface area contributed by atoms with Crippen LogP contribution < -0.4 is 5.32 Å². The lowest BCUT2D eigenvalue weighted by Gasteiger charge is -2.13. The number of aromatic nitrogens is 2. The first-order valence-corrected chi connectivity index (χ1v) is 6.77. The number of hydrogen-bond acceptors (Lipinski definition) is 2. The van der Waals surface area contributed by atoms with Crippen LogP contribution in [0.25, 0.3) is 0 Å². The molecule has 0 saturated carbocycles. The summed E-state index contributed by atoms with van der Waals surface area (Å²) in [7, 11) is 0. The highest BCUT2D eigenvalue weighted by atomic mass is 127. The lowest BCUT2D eigenvalue weighted by Crippen LogP contribution is -2.30. The Balaban J connectivity index is 1.79. The molecule has 2 aromatic rings. The van der Waals surface area contributed by atoms with Crippen LogP contribution in [-0.2, 0) is 13.1 Å². The fourth-order valence-electron chi connectivity index (χ4n) is 1.65. The molecule has 2 rings (SSSR count). The molecule has 0 spiro atoms. The largest absolute Gasteiger partial charge is 0.308 e. The van der Waals surface area contributed by atoms with E-state index in [1.165, 1.54) is 9.13 Å². The van der Waals surface area contributed by atoms with Gasteiger partial charge in [0, 0.05) is 28.6 Å². The zero-order valence-electron chi connectivity index (χ0n) is 9.81. The van der Waals surface area contributed by atoms with Crippen LogP contribution in [0.2, 0.25) is 0 Å². The Labute approximate surface area is 115 Å². The highest BCUT2D eigenvalue weighted by molar-refractivity contribution is 14.1. The average molecular weight is 341 g/mol. The molecule has 3 nitrogen and oxygen atoms in total. The van der Waals surface area contributed by atoms with Gasteiger partial charge in [0.05, 0.1) is 6.54 Å². The van der Waals surface area contributed by atoms with E-state index in [0.717, 1.165) is 13.1 Å². The molecule has 90 valence electrons. The van der Waals surface area contributed by atoms with Crippen molar-refractivity contribution in [1.82, 2.24) is 15.1 Å². The van der Waals surface area contributed by atoms with Crippen LogP contribution in [0, 0.1) is 3.57 Å². The second kappa shape index (κ2) is 6.16. The Morgan fingerprint density at radius 2 is 2.12 bits per heavy atom. The van der Waals surface area contributed by atoms with Crippen LogP contribution in [0.3, 0.4) is 0 Å². The normalized spacial score (nSPS) is 12.6. The van der Waals surface area contributed by atoms with Crippen molar-refractivity contribution in [3.05, 3.63) is 51.9 Å². The van der Waals surface area contributed by atoms with Gasteiger partial charge in [-0.05, 0) is 53.3 Å². The van der Waals surface area contributed by atoms with Crippen molar-refractivity contribution >= 4 is 22.6 Å². The number of nitrogens with one attached hydrogen (secondary N) is 1. The summed E-state index contributed by atoms with van der Waals surface area (Å²) in [5.41, 5.74) is 1.32. The van der Waals surface area contributed by atoms with Gasteiger partial charge >= 0.3 is 0 Å². The predicted octanol–water partition coefficient (Wildman–Crippen LogP) is 2.67. The Bertz CT molecular complexity index is 436. The summed E-state index contributed by atoms with van der Waals surface area (Å²) in [6, 6.07) is 11.0. The molecular formula is C13H16IN3. The Hall–Kier alpha value is -0.880. The maximum absolute atomic E-state index is 4.20. The van der Waals surface area contributed by atoms with Gasteiger partial charge < -0.3 is 5.32 Å². The first-order chi connectivity index (χ1) is 8.24. The molecule has 1 atom stereocenters. The number of rotatable bonds is 5. The van der Waals surface area contributed by atoms with Crippen molar-refractivity contribution in [1.29, 1.82) is 0 Å². The van der Waals surface area contributed by atoms with E-state index in [9.17, 15) is 0 Å². The summed E-state index contributed by atoms with van der Waals surface area (Å²) in [6.07, 6.45) is 3.80. The van der Waals surface area contributed by atoms with Gasteiger partial charge in [0.25, 0.3) is 0 Å². The molecule has 0 amide bonds. The molecule has 1 aromatic carbocycles. The number of halogens is 1.